The normalized spacial score (nSPS) is 11.2. The maximum Gasteiger partial charge on any atom is 0.329 e. The van der Waals surface area contributed by atoms with Gasteiger partial charge in [0, 0.05) is 23.9 Å². The zero-order valence-electron chi connectivity index (χ0n) is 13.6. The third-order valence-electron chi connectivity index (χ3n) is 4.09. The number of aryl methyl sites for hydroxylation is 1. The number of hydrogen-bond donors (Lipinski definition) is 1. The summed E-state index contributed by atoms with van der Waals surface area (Å²) in [5.74, 6) is 0.400. The van der Waals surface area contributed by atoms with Gasteiger partial charge in [0.05, 0.1) is 35.8 Å². The van der Waals surface area contributed by atoms with Gasteiger partial charge in [-0.2, -0.15) is 5.10 Å². The van der Waals surface area contributed by atoms with Crippen molar-refractivity contribution in [3.63, 3.8) is 0 Å². The van der Waals surface area contributed by atoms with Crippen LogP contribution in [0.1, 0.15) is 18.2 Å². The fraction of sp³-hybridized carbons (Fsp3) is 0.312. The Bertz CT molecular complexity index is 1030. The number of H-pyrrole nitrogens is 1. The molecule has 2 heterocycles. The summed E-state index contributed by atoms with van der Waals surface area (Å²) >= 11 is 6.10. The molecule has 3 rings (SSSR count). The van der Waals surface area contributed by atoms with E-state index >= 15 is 0 Å². The van der Waals surface area contributed by atoms with Crippen molar-refractivity contribution in [3.05, 3.63) is 55.4 Å². The number of methoxy groups -OCH3 is 1. The minimum atomic E-state index is -0.486. The predicted molar refractivity (Wildman–Crippen MR) is 92.1 cm³/mol. The third kappa shape index (κ3) is 2.60. The largest absolute Gasteiger partial charge is 0.495 e. The smallest absolute Gasteiger partial charge is 0.329 e. The molecule has 0 amide bonds. The summed E-state index contributed by atoms with van der Waals surface area (Å²) in [7, 11) is 1.47. The second-order valence-electron chi connectivity index (χ2n) is 5.42. The van der Waals surface area contributed by atoms with Crippen LogP contribution in [0.5, 0.6) is 5.75 Å². The Balaban J connectivity index is 2.16. The van der Waals surface area contributed by atoms with Gasteiger partial charge in [-0.25, -0.2) is 4.79 Å². The topological polar surface area (TPSA) is 81.9 Å². The summed E-state index contributed by atoms with van der Waals surface area (Å²) in [6.45, 7) is 4.77. The number of hydrogen-bond acceptors (Lipinski definition) is 4. The van der Waals surface area contributed by atoms with Crippen LogP contribution in [0, 0.1) is 6.92 Å². The summed E-state index contributed by atoms with van der Waals surface area (Å²) in [6, 6.07) is 3.05. The molecule has 7 nitrogen and oxygen atoms in total. The van der Waals surface area contributed by atoms with Gasteiger partial charge in [0.2, 0.25) is 0 Å². The maximum atomic E-state index is 12.7. The van der Waals surface area contributed by atoms with Gasteiger partial charge >= 0.3 is 5.69 Å². The molecule has 0 saturated heterocycles. The lowest BCUT2D eigenvalue weighted by atomic mass is 10.2. The van der Waals surface area contributed by atoms with Gasteiger partial charge in [-0.05, 0) is 19.9 Å². The van der Waals surface area contributed by atoms with Crippen molar-refractivity contribution >= 4 is 22.5 Å². The standard InChI is InChI=1S/C16H17ClN4O3/c1-4-21-9(2)10(7-18-21)8-20-15(22)11-5-12(17)14(24-3)6-13(11)19-16(20)23/h5-7H,4,8H2,1-3H3,(H,19,23). The molecule has 2 aromatic heterocycles. The summed E-state index contributed by atoms with van der Waals surface area (Å²) in [5.41, 5.74) is 1.26. The second kappa shape index (κ2) is 6.16. The van der Waals surface area contributed by atoms with Gasteiger partial charge < -0.3 is 9.72 Å². The number of aromatic nitrogens is 4. The van der Waals surface area contributed by atoms with Crippen molar-refractivity contribution in [1.29, 1.82) is 0 Å². The molecule has 0 spiro atoms. The van der Waals surface area contributed by atoms with E-state index in [2.05, 4.69) is 10.1 Å². The summed E-state index contributed by atoms with van der Waals surface area (Å²) in [6.07, 6.45) is 1.68. The van der Waals surface area contributed by atoms with E-state index in [9.17, 15) is 9.59 Å². The molecule has 0 fully saturated rings. The van der Waals surface area contributed by atoms with Gasteiger partial charge in [-0.3, -0.25) is 14.0 Å². The minimum absolute atomic E-state index is 0.152. The quantitative estimate of drug-likeness (QED) is 0.781. The van der Waals surface area contributed by atoms with Crippen LogP contribution in [-0.2, 0) is 13.1 Å². The average Bonchev–Trinajstić information content (AvgIpc) is 2.91. The van der Waals surface area contributed by atoms with Crippen LogP contribution in [0.15, 0.2) is 27.9 Å². The molecule has 0 bridgehead atoms. The number of rotatable bonds is 4. The minimum Gasteiger partial charge on any atom is -0.495 e. The first-order valence-electron chi connectivity index (χ1n) is 7.48. The van der Waals surface area contributed by atoms with Crippen LogP contribution < -0.4 is 16.0 Å². The lowest BCUT2D eigenvalue weighted by molar-refractivity contribution is 0.415. The van der Waals surface area contributed by atoms with Crippen molar-refractivity contribution in [3.8, 4) is 5.75 Å². The Morgan fingerprint density at radius 1 is 1.33 bits per heavy atom. The van der Waals surface area contributed by atoms with E-state index in [1.165, 1.54) is 13.2 Å². The van der Waals surface area contributed by atoms with E-state index in [-0.39, 0.29) is 6.54 Å². The van der Waals surface area contributed by atoms with Gasteiger partial charge in [-0.15, -0.1) is 0 Å². The molecule has 126 valence electrons. The molecule has 0 radical (unpaired) electrons. The van der Waals surface area contributed by atoms with Crippen molar-refractivity contribution < 1.29 is 4.74 Å². The van der Waals surface area contributed by atoms with Crippen molar-refractivity contribution in [2.45, 2.75) is 26.9 Å². The molecule has 8 heteroatoms. The Kier molecular flexibility index (Phi) is 4.19. The SMILES string of the molecule is CCn1ncc(Cn2c(=O)[nH]c3cc(OC)c(Cl)cc3c2=O)c1C. The first-order valence-corrected chi connectivity index (χ1v) is 7.85. The first-order chi connectivity index (χ1) is 11.5. The molecule has 3 aromatic rings. The fourth-order valence-electron chi connectivity index (χ4n) is 2.68. The number of fused-ring (bicyclic) bond motifs is 1. The van der Waals surface area contributed by atoms with Crippen LogP contribution in [0.3, 0.4) is 0 Å². The first kappa shape index (κ1) is 16.3. The Hall–Kier alpha value is -2.54. The fourth-order valence-corrected chi connectivity index (χ4v) is 2.92. The molecule has 1 N–H and O–H groups in total. The van der Waals surface area contributed by atoms with Crippen LogP contribution in [0.2, 0.25) is 5.02 Å². The zero-order valence-corrected chi connectivity index (χ0v) is 14.3. The lowest BCUT2D eigenvalue weighted by Gasteiger charge is -2.09. The molecule has 0 aliphatic carbocycles. The van der Waals surface area contributed by atoms with E-state index in [0.29, 0.717) is 21.7 Å². The summed E-state index contributed by atoms with van der Waals surface area (Å²) in [4.78, 5) is 27.7. The van der Waals surface area contributed by atoms with Gasteiger partial charge in [-0.1, -0.05) is 11.6 Å². The van der Waals surface area contributed by atoms with Crippen LogP contribution >= 0.6 is 11.6 Å². The molecular weight excluding hydrogens is 332 g/mol. The highest BCUT2D eigenvalue weighted by atomic mass is 35.5. The Morgan fingerprint density at radius 3 is 2.71 bits per heavy atom. The molecule has 1 aromatic carbocycles. The van der Waals surface area contributed by atoms with E-state index < -0.39 is 11.2 Å². The third-order valence-corrected chi connectivity index (χ3v) is 4.38. The average molecular weight is 349 g/mol. The number of nitrogens with one attached hydrogen (secondary N) is 1. The monoisotopic (exact) mass is 348 g/mol. The highest BCUT2D eigenvalue weighted by molar-refractivity contribution is 6.32. The molecule has 0 saturated carbocycles. The highest BCUT2D eigenvalue weighted by Crippen LogP contribution is 2.27. The van der Waals surface area contributed by atoms with Gasteiger partial charge in [0.25, 0.3) is 5.56 Å². The number of aromatic amines is 1. The number of nitrogens with zero attached hydrogens (tertiary/aromatic N) is 3. The lowest BCUT2D eigenvalue weighted by Crippen LogP contribution is -2.35. The van der Waals surface area contributed by atoms with Crippen molar-refractivity contribution in [1.82, 2.24) is 19.3 Å². The zero-order chi connectivity index (χ0) is 17.4. The van der Waals surface area contributed by atoms with E-state index in [1.807, 2.05) is 18.5 Å². The molecule has 0 atom stereocenters. The number of ether oxygens (including phenoxy) is 1. The van der Waals surface area contributed by atoms with E-state index in [4.69, 9.17) is 16.3 Å². The summed E-state index contributed by atoms with van der Waals surface area (Å²) < 4.78 is 8.08. The molecule has 0 unspecified atom stereocenters. The number of benzene rings is 1. The van der Waals surface area contributed by atoms with E-state index in [1.54, 1.807) is 12.3 Å². The van der Waals surface area contributed by atoms with Crippen molar-refractivity contribution in [2.75, 3.05) is 7.11 Å². The van der Waals surface area contributed by atoms with Crippen molar-refractivity contribution in [2.24, 2.45) is 0 Å². The summed E-state index contributed by atoms with van der Waals surface area (Å²) in [5, 5.41) is 4.89. The van der Waals surface area contributed by atoms with Gasteiger partial charge in [0.15, 0.2) is 0 Å². The maximum absolute atomic E-state index is 12.7. The van der Waals surface area contributed by atoms with E-state index in [0.717, 1.165) is 22.4 Å². The van der Waals surface area contributed by atoms with Gasteiger partial charge in [0.1, 0.15) is 5.75 Å². The molecule has 0 aliphatic heterocycles. The Labute approximate surface area is 142 Å². The molecular formula is C16H17ClN4O3. The van der Waals surface area contributed by atoms with Crippen LogP contribution in [0.25, 0.3) is 10.9 Å². The predicted octanol–water partition coefficient (Wildman–Crippen LogP) is 1.92. The molecule has 24 heavy (non-hydrogen) atoms. The molecule has 0 aliphatic rings. The number of halogens is 1. The van der Waals surface area contributed by atoms with Crippen LogP contribution in [-0.4, -0.2) is 26.4 Å². The Morgan fingerprint density at radius 2 is 2.08 bits per heavy atom. The second-order valence-corrected chi connectivity index (χ2v) is 5.83. The van der Waals surface area contributed by atoms with Crippen LogP contribution in [0.4, 0.5) is 0 Å². The highest BCUT2D eigenvalue weighted by Gasteiger charge is 2.14.